The van der Waals surface area contributed by atoms with Crippen LogP contribution in [-0.2, 0) is 51.2 Å². The molecule has 12 N–H and O–H groups in total. The summed E-state index contributed by atoms with van der Waals surface area (Å²) in [6.45, 7) is 5.96. The van der Waals surface area contributed by atoms with Gasteiger partial charge in [0.25, 0.3) is 0 Å². The zero-order valence-electron chi connectivity index (χ0n) is 38.0. The Morgan fingerprint density at radius 3 is 1.83 bits per heavy atom. The molecule has 2 aromatic carbocycles. The molecule has 0 unspecified atom stereocenters. The van der Waals surface area contributed by atoms with E-state index in [1.165, 1.54) is 0 Å². The maximum atomic E-state index is 14.3. The third kappa shape index (κ3) is 18.7. The molecule has 8 amide bonds. The van der Waals surface area contributed by atoms with Gasteiger partial charge in [0, 0.05) is 29.4 Å². The molecule has 0 spiro atoms. The van der Waals surface area contributed by atoms with Crippen LogP contribution in [0.1, 0.15) is 96.1 Å². The number of unbranched alkanes of at least 4 members (excludes halogenated alkanes) is 1. The SMILES string of the molecule is CCOc1ccc(C[C@@H](NC(=O)CC2(S)CCCCC2)C(=O)N[C@@H](Cc2ccccc2)C(=O)N[C@H](C(=O)N[C@@H](CC(N)=O)C(=O)N[C@@H](C=S)C(=O)N[C@@H](CCCCN)C(N)=O)C(C)C)cc1. The minimum absolute atomic E-state index is 0.00825. The molecule has 0 saturated heterocycles. The second-order valence-corrected chi connectivity index (χ2v) is 18.2. The van der Waals surface area contributed by atoms with Gasteiger partial charge in [0.05, 0.1) is 13.0 Å². The highest BCUT2D eigenvalue weighted by Crippen LogP contribution is 2.36. The highest BCUT2D eigenvalue weighted by atomic mass is 32.1. The van der Waals surface area contributed by atoms with Gasteiger partial charge in [-0.25, -0.2) is 0 Å². The summed E-state index contributed by atoms with van der Waals surface area (Å²) in [7, 11) is 0. The Kier molecular flexibility index (Phi) is 23.0. The van der Waals surface area contributed by atoms with Crippen molar-refractivity contribution in [2.75, 3.05) is 13.2 Å². The van der Waals surface area contributed by atoms with Gasteiger partial charge < -0.3 is 53.8 Å². The molecular formula is C46H67N9O9S2. The maximum Gasteiger partial charge on any atom is 0.248 e. The third-order valence-corrected chi connectivity index (χ3v) is 12.0. The van der Waals surface area contributed by atoms with Gasteiger partial charge in [0.2, 0.25) is 47.3 Å². The van der Waals surface area contributed by atoms with Gasteiger partial charge >= 0.3 is 0 Å². The number of hydrogen-bond donors (Lipinski definition) is 10. The normalized spacial score (nSPS) is 15.8. The van der Waals surface area contributed by atoms with Crippen molar-refractivity contribution in [2.45, 2.75) is 139 Å². The van der Waals surface area contributed by atoms with Crippen LogP contribution in [0.15, 0.2) is 54.6 Å². The first-order chi connectivity index (χ1) is 31.4. The summed E-state index contributed by atoms with van der Waals surface area (Å²) in [5.74, 6) is -6.29. The Bertz CT molecular complexity index is 1970. The fourth-order valence-corrected chi connectivity index (χ4v) is 8.16. The quantitative estimate of drug-likeness (QED) is 0.0326. The second kappa shape index (κ2) is 27.8. The molecule has 3 rings (SSSR count). The molecule has 0 heterocycles. The highest BCUT2D eigenvalue weighted by molar-refractivity contribution is 7.81. The molecule has 6 atom stereocenters. The lowest BCUT2D eigenvalue weighted by Gasteiger charge is -2.32. The number of primary amides is 2. The number of ether oxygens (including phenoxy) is 1. The van der Waals surface area contributed by atoms with Gasteiger partial charge in [0.1, 0.15) is 42.0 Å². The van der Waals surface area contributed by atoms with Crippen LogP contribution in [0.3, 0.4) is 0 Å². The second-order valence-electron chi connectivity index (χ2n) is 16.9. The summed E-state index contributed by atoms with van der Waals surface area (Å²) in [5, 5.41) is 16.6. The maximum absolute atomic E-state index is 14.3. The number of rotatable bonds is 28. The molecule has 0 aliphatic heterocycles. The topological polar surface area (TPSA) is 296 Å². The average molecular weight is 954 g/mol. The van der Waals surface area contributed by atoms with E-state index < -0.39 is 94.7 Å². The zero-order chi connectivity index (χ0) is 48.8. The molecule has 362 valence electrons. The van der Waals surface area contributed by atoms with Crippen LogP contribution in [0.25, 0.3) is 0 Å². The van der Waals surface area contributed by atoms with E-state index in [4.69, 9.17) is 46.8 Å². The monoisotopic (exact) mass is 953 g/mol. The number of amides is 8. The van der Waals surface area contributed by atoms with E-state index in [1.54, 1.807) is 68.4 Å². The van der Waals surface area contributed by atoms with Crippen LogP contribution in [0, 0.1) is 5.92 Å². The number of nitrogens with one attached hydrogen (secondary N) is 6. The molecule has 1 saturated carbocycles. The summed E-state index contributed by atoms with van der Waals surface area (Å²) in [5.41, 5.74) is 17.8. The van der Waals surface area contributed by atoms with Crippen molar-refractivity contribution < 1.29 is 43.1 Å². The number of hydrogen-bond acceptors (Lipinski definition) is 12. The van der Waals surface area contributed by atoms with E-state index >= 15 is 0 Å². The molecule has 0 bridgehead atoms. The Balaban J connectivity index is 1.86. The smallest absolute Gasteiger partial charge is 0.248 e. The van der Waals surface area contributed by atoms with Crippen molar-refractivity contribution in [2.24, 2.45) is 23.1 Å². The molecule has 2 aromatic rings. The number of carbonyl (C=O) groups excluding carboxylic acids is 8. The van der Waals surface area contributed by atoms with Crippen LogP contribution in [0.4, 0.5) is 0 Å². The lowest BCUT2D eigenvalue weighted by atomic mass is 9.85. The first-order valence-electron chi connectivity index (χ1n) is 22.4. The summed E-state index contributed by atoms with van der Waals surface area (Å²) in [4.78, 5) is 107. The average Bonchev–Trinajstić information content (AvgIpc) is 3.26. The van der Waals surface area contributed by atoms with E-state index in [0.29, 0.717) is 37.3 Å². The van der Waals surface area contributed by atoms with Crippen molar-refractivity contribution in [3.8, 4) is 5.75 Å². The van der Waals surface area contributed by atoms with Crippen molar-refractivity contribution >= 4 is 77.5 Å². The predicted molar refractivity (Wildman–Crippen MR) is 257 cm³/mol. The first kappa shape index (κ1) is 54.7. The van der Waals surface area contributed by atoms with Crippen LogP contribution >= 0.6 is 24.8 Å². The van der Waals surface area contributed by atoms with E-state index in [0.717, 1.165) is 43.0 Å². The van der Waals surface area contributed by atoms with Gasteiger partial charge in [-0.3, -0.25) is 38.4 Å². The predicted octanol–water partition coefficient (Wildman–Crippen LogP) is 0.948. The Labute approximate surface area is 397 Å². The number of carbonyl (C=O) groups is 8. The van der Waals surface area contributed by atoms with Gasteiger partial charge in [-0.05, 0) is 74.8 Å². The molecule has 1 aliphatic carbocycles. The number of nitrogens with two attached hydrogens (primary N) is 3. The molecule has 66 heavy (non-hydrogen) atoms. The fraction of sp³-hybridized carbons (Fsp3) is 0.543. The lowest BCUT2D eigenvalue weighted by molar-refractivity contribution is -0.136. The lowest BCUT2D eigenvalue weighted by Crippen LogP contribution is -2.61. The fourth-order valence-electron chi connectivity index (χ4n) is 7.51. The largest absolute Gasteiger partial charge is 0.494 e. The highest BCUT2D eigenvalue weighted by Gasteiger charge is 2.36. The minimum atomic E-state index is -1.63. The van der Waals surface area contributed by atoms with E-state index in [-0.39, 0.29) is 31.6 Å². The van der Waals surface area contributed by atoms with Crippen molar-refractivity contribution in [1.29, 1.82) is 0 Å². The number of thiocarbonyl (C=S) groups is 1. The van der Waals surface area contributed by atoms with E-state index in [9.17, 15) is 38.4 Å². The van der Waals surface area contributed by atoms with Gasteiger partial charge in [0.15, 0.2) is 0 Å². The molecule has 0 radical (unpaired) electrons. The standard InChI is InChI=1S/C46H67N9O9S2/c1-4-64-31-18-16-30(17-19-31)24-33(50-38(57)26-46(66)20-10-6-11-21-46)41(59)52-34(23-29-13-7-5-8-14-29)43(61)55-39(28(2)3)45(63)53-35(25-37(48)56)42(60)54-36(27-65)44(62)51-32(40(49)58)15-9-12-22-47/h5,7-8,13-14,16-19,27-28,32-36,39,66H,4,6,9-12,15,20-26,47H2,1-3H3,(H2,48,56)(H2,49,58)(H,50,57)(H,51,62)(H,52,59)(H,53,63)(H,54,60)(H,55,61)/t32-,33+,34-,35-,36-,39-/m0/s1. The van der Waals surface area contributed by atoms with Crippen LogP contribution in [0.5, 0.6) is 5.75 Å². The van der Waals surface area contributed by atoms with Crippen molar-refractivity contribution in [1.82, 2.24) is 31.9 Å². The van der Waals surface area contributed by atoms with Gasteiger partial charge in [-0.15, -0.1) is 0 Å². The van der Waals surface area contributed by atoms with E-state index in [1.807, 2.05) is 6.92 Å². The van der Waals surface area contributed by atoms with Gasteiger partial charge in [-0.1, -0.05) is 87.8 Å². The Morgan fingerprint density at radius 2 is 1.27 bits per heavy atom. The summed E-state index contributed by atoms with van der Waals surface area (Å²) in [6, 6.07) is 8.06. The molecule has 0 aromatic heterocycles. The minimum Gasteiger partial charge on any atom is -0.494 e. The summed E-state index contributed by atoms with van der Waals surface area (Å²) in [6.07, 6.45) is 5.19. The molecule has 18 nitrogen and oxygen atoms in total. The van der Waals surface area contributed by atoms with Crippen LogP contribution < -0.4 is 53.8 Å². The third-order valence-electron chi connectivity index (χ3n) is 11.1. The summed E-state index contributed by atoms with van der Waals surface area (Å²) < 4.78 is 5.06. The Morgan fingerprint density at radius 1 is 0.712 bits per heavy atom. The zero-order valence-corrected chi connectivity index (χ0v) is 39.7. The summed E-state index contributed by atoms with van der Waals surface area (Å²) >= 11 is 9.84. The van der Waals surface area contributed by atoms with Crippen molar-refractivity contribution in [3.05, 3.63) is 65.7 Å². The molecule has 1 aliphatic rings. The van der Waals surface area contributed by atoms with Crippen LogP contribution in [0.2, 0.25) is 0 Å². The van der Waals surface area contributed by atoms with Crippen LogP contribution in [-0.4, -0.2) is 107 Å². The number of benzene rings is 2. The van der Waals surface area contributed by atoms with E-state index in [2.05, 4.69) is 31.9 Å². The molecule has 20 heteroatoms. The molecule has 1 fully saturated rings. The number of thiol groups is 1. The molecular weight excluding hydrogens is 887 g/mol. The Hall–Kier alpha value is -5.60. The van der Waals surface area contributed by atoms with Gasteiger partial charge in [-0.2, -0.15) is 12.6 Å². The first-order valence-corrected chi connectivity index (χ1v) is 23.3. The van der Waals surface area contributed by atoms with Crippen molar-refractivity contribution in [3.63, 3.8) is 0 Å².